The third-order valence-electron chi connectivity index (χ3n) is 4.37. The molecule has 0 saturated heterocycles. The van der Waals surface area contributed by atoms with E-state index in [1.54, 1.807) is 13.8 Å². The largest absolute Gasteiger partial charge is 0.458 e. The molecule has 1 saturated carbocycles. The summed E-state index contributed by atoms with van der Waals surface area (Å²) in [5.41, 5.74) is -1.73. The van der Waals surface area contributed by atoms with E-state index in [9.17, 15) is 22.8 Å². The minimum Gasteiger partial charge on any atom is -0.458 e. The summed E-state index contributed by atoms with van der Waals surface area (Å²) < 4.78 is 46.3. The fourth-order valence-electron chi connectivity index (χ4n) is 2.47. The van der Waals surface area contributed by atoms with E-state index >= 15 is 0 Å². The monoisotopic (exact) mass is 338 g/mol. The Balaban J connectivity index is 2.75. The van der Waals surface area contributed by atoms with Crippen molar-refractivity contribution in [1.82, 2.24) is 0 Å². The van der Waals surface area contributed by atoms with Crippen molar-refractivity contribution in [3.8, 4) is 0 Å². The van der Waals surface area contributed by atoms with Gasteiger partial charge < -0.3 is 9.47 Å². The number of ether oxygens (including phenoxy) is 2. The summed E-state index contributed by atoms with van der Waals surface area (Å²) in [6.45, 7) is 3.73. The van der Waals surface area contributed by atoms with E-state index in [-0.39, 0.29) is 6.42 Å². The van der Waals surface area contributed by atoms with E-state index in [0.29, 0.717) is 19.3 Å². The lowest BCUT2D eigenvalue weighted by atomic mass is 9.81. The minimum absolute atomic E-state index is 0.325. The lowest BCUT2D eigenvalue weighted by molar-refractivity contribution is -0.194. The zero-order chi connectivity index (χ0) is 17.7. The van der Waals surface area contributed by atoms with Gasteiger partial charge in [0.05, 0.1) is 11.8 Å². The summed E-state index contributed by atoms with van der Waals surface area (Å²) in [7, 11) is 0. The van der Waals surface area contributed by atoms with Gasteiger partial charge in [-0.15, -0.1) is 0 Å². The molecule has 134 valence electrons. The second-order valence-electron chi connectivity index (χ2n) is 6.82. The highest BCUT2D eigenvalue weighted by atomic mass is 19.4. The first-order chi connectivity index (χ1) is 10.5. The first-order valence-electron chi connectivity index (χ1n) is 7.95. The standard InChI is InChI=1S/C16H25F3O4/c1-4-14(2,3)13(21)23-15(8-6-5-7-9-15)10-12(20)22-11-16(17,18)19/h4-11H2,1-3H3. The first kappa shape index (κ1) is 19.8. The van der Waals surface area contributed by atoms with Crippen LogP contribution in [0.5, 0.6) is 0 Å². The second-order valence-corrected chi connectivity index (χ2v) is 6.82. The van der Waals surface area contributed by atoms with Crippen LogP contribution in [0.15, 0.2) is 0 Å². The molecule has 0 atom stereocenters. The molecule has 0 heterocycles. The van der Waals surface area contributed by atoms with Crippen molar-refractivity contribution < 1.29 is 32.2 Å². The van der Waals surface area contributed by atoms with E-state index in [4.69, 9.17) is 4.74 Å². The zero-order valence-corrected chi connectivity index (χ0v) is 13.9. The van der Waals surface area contributed by atoms with Crippen LogP contribution in [-0.2, 0) is 19.1 Å². The fourth-order valence-corrected chi connectivity index (χ4v) is 2.47. The van der Waals surface area contributed by atoms with Crippen LogP contribution in [0.25, 0.3) is 0 Å². The topological polar surface area (TPSA) is 52.6 Å². The number of hydrogen-bond acceptors (Lipinski definition) is 4. The Morgan fingerprint density at radius 1 is 1.09 bits per heavy atom. The maximum atomic E-state index is 12.3. The maximum Gasteiger partial charge on any atom is 0.422 e. The van der Waals surface area contributed by atoms with Gasteiger partial charge in [-0.3, -0.25) is 9.59 Å². The van der Waals surface area contributed by atoms with Gasteiger partial charge in [0.1, 0.15) is 5.60 Å². The smallest absolute Gasteiger partial charge is 0.422 e. The minimum atomic E-state index is -4.56. The molecule has 7 heteroatoms. The number of alkyl halides is 3. The normalized spacial score (nSPS) is 18.3. The van der Waals surface area contributed by atoms with Crippen molar-refractivity contribution in [3.63, 3.8) is 0 Å². The van der Waals surface area contributed by atoms with Crippen LogP contribution in [0.1, 0.15) is 65.7 Å². The molecule has 4 nitrogen and oxygen atoms in total. The quantitative estimate of drug-likeness (QED) is 0.682. The molecule has 1 fully saturated rings. The highest BCUT2D eigenvalue weighted by Gasteiger charge is 2.42. The van der Waals surface area contributed by atoms with Crippen LogP contribution in [0.3, 0.4) is 0 Å². The van der Waals surface area contributed by atoms with Crippen LogP contribution >= 0.6 is 0 Å². The third-order valence-corrected chi connectivity index (χ3v) is 4.37. The summed E-state index contributed by atoms with van der Waals surface area (Å²) in [5.74, 6) is -1.41. The Morgan fingerprint density at radius 2 is 1.65 bits per heavy atom. The Labute approximate surface area is 134 Å². The molecule has 0 aromatic rings. The molecule has 0 aliphatic heterocycles. The third kappa shape index (κ3) is 6.39. The number of rotatable bonds is 6. The van der Waals surface area contributed by atoms with Gasteiger partial charge in [0.2, 0.25) is 0 Å². The van der Waals surface area contributed by atoms with E-state index in [2.05, 4.69) is 4.74 Å². The van der Waals surface area contributed by atoms with Gasteiger partial charge in [0, 0.05) is 0 Å². The average Bonchev–Trinajstić information content (AvgIpc) is 2.45. The number of carbonyl (C=O) groups excluding carboxylic acids is 2. The molecule has 0 N–H and O–H groups in total. The van der Waals surface area contributed by atoms with Gasteiger partial charge in [0.25, 0.3) is 0 Å². The van der Waals surface area contributed by atoms with Crippen molar-refractivity contribution in [2.45, 2.75) is 77.5 Å². The first-order valence-corrected chi connectivity index (χ1v) is 7.95. The molecule has 1 aliphatic carbocycles. The molecule has 1 rings (SSSR count). The predicted octanol–water partition coefficient (Wildman–Crippen LogP) is 4.16. The lowest BCUT2D eigenvalue weighted by Crippen LogP contribution is -2.43. The van der Waals surface area contributed by atoms with Gasteiger partial charge >= 0.3 is 18.1 Å². The van der Waals surface area contributed by atoms with Crippen molar-refractivity contribution >= 4 is 11.9 Å². The summed E-state index contributed by atoms with van der Waals surface area (Å²) in [6, 6.07) is 0. The van der Waals surface area contributed by atoms with E-state index in [1.165, 1.54) is 0 Å². The SMILES string of the molecule is CCC(C)(C)C(=O)OC1(CC(=O)OCC(F)(F)F)CCCCC1. The highest BCUT2D eigenvalue weighted by Crippen LogP contribution is 2.37. The Hall–Kier alpha value is -1.27. The van der Waals surface area contributed by atoms with E-state index in [0.717, 1.165) is 19.3 Å². The number of esters is 2. The van der Waals surface area contributed by atoms with Gasteiger partial charge in [-0.25, -0.2) is 0 Å². The molecule has 23 heavy (non-hydrogen) atoms. The second kappa shape index (κ2) is 7.53. The molecule has 0 aromatic carbocycles. The van der Waals surface area contributed by atoms with Crippen molar-refractivity contribution in [2.75, 3.05) is 6.61 Å². The molecule has 1 aliphatic rings. The molecular weight excluding hydrogens is 313 g/mol. The molecule has 0 aromatic heterocycles. The number of hydrogen-bond donors (Lipinski definition) is 0. The Bertz CT molecular complexity index is 424. The zero-order valence-electron chi connectivity index (χ0n) is 13.9. The molecule has 0 spiro atoms. The van der Waals surface area contributed by atoms with Crippen LogP contribution < -0.4 is 0 Å². The highest BCUT2D eigenvalue weighted by molar-refractivity contribution is 5.77. The van der Waals surface area contributed by atoms with Gasteiger partial charge in [0.15, 0.2) is 6.61 Å². The van der Waals surface area contributed by atoms with E-state index in [1.807, 2.05) is 6.92 Å². The molecule has 0 radical (unpaired) electrons. The van der Waals surface area contributed by atoms with Crippen molar-refractivity contribution in [3.05, 3.63) is 0 Å². The lowest BCUT2D eigenvalue weighted by Gasteiger charge is -2.38. The Kier molecular flexibility index (Phi) is 6.48. The van der Waals surface area contributed by atoms with Gasteiger partial charge in [-0.05, 0) is 46.0 Å². The number of carbonyl (C=O) groups is 2. The van der Waals surface area contributed by atoms with Crippen LogP contribution in [0.4, 0.5) is 13.2 Å². The Morgan fingerprint density at radius 3 is 2.13 bits per heavy atom. The van der Waals surface area contributed by atoms with Gasteiger partial charge in [-0.1, -0.05) is 13.3 Å². The average molecular weight is 338 g/mol. The van der Waals surface area contributed by atoms with Crippen LogP contribution in [0, 0.1) is 5.41 Å². The van der Waals surface area contributed by atoms with Crippen molar-refractivity contribution in [1.29, 1.82) is 0 Å². The number of halogens is 3. The summed E-state index contributed by atoms with van der Waals surface area (Å²) in [6.07, 6.45) is -0.878. The molecule has 0 bridgehead atoms. The summed E-state index contributed by atoms with van der Waals surface area (Å²) in [4.78, 5) is 24.1. The molecule has 0 unspecified atom stereocenters. The summed E-state index contributed by atoms with van der Waals surface area (Å²) in [5, 5.41) is 0. The van der Waals surface area contributed by atoms with Crippen LogP contribution in [0.2, 0.25) is 0 Å². The molecule has 0 amide bonds. The van der Waals surface area contributed by atoms with Crippen molar-refractivity contribution in [2.24, 2.45) is 5.41 Å². The predicted molar refractivity (Wildman–Crippen MR) is 77.6 cm³/mol. The fraction of sp³-hybridized carbons (Fsp3) is 0.875. The summed E-state index contributed by atoms with van der Waals surface area (Å²) >= 11 is 0. The van der Waals surface area contributed by atoms with Gasteiger partial charge in [-0.2, -0.15) is 13.2 Å². The van der Waals surface area contributed by atoms with Crippen LogP contribution in [-0.4, -0.2) is 30.3 Å². The van der Waals surface area contributed by atoms with E-state index < -0.39 is 35.7 Å². The molecular formula is C16H25F3O4. The maximum absolute atomic E-state index is 12.3.